The van der Waals surface area contributed by atoms with E-state index in [4.69, 9.17) is 9.84 Å². The number of ether oxygens (including phenoxy) is 1. The lowest BCUT2D eigenvalue weighted by Crippen LogP contribution is -2.50. The Morgan fingerprint density at radius 1 is 1.41 bits per heavy atom. The lowest BCUT2D eigenvalue weighted by Gasteiger charge is -2.29. The van der Waals surface area contributed by atoms with Gasteiger partial charge in [0, 0.05) is 0 Å². The van der Waals surface area contributed by atoms with E-state index in [9.17, 15) is 14.0 Å². The predicted octanol–water partition coefficient (Wildman–Crippen LogP) is 2.05. The summed E-state index contributed by atoms with van der Waals surface area (Å²) in [6.45, 7) is -1.13. The number of carboxylic acids is 1. The van der Waals surface area contributed by atoms with E-state index in [0.29, 0.717) is 18.6 Å². The number of carboxylic acid groups (broad SMARTS) is 1. The van der Waals surface area contributed by atoms with Gasteiger partial charge in [-0.3, -0.25) is 4.79 Å². The maximum Gasteiger partial charge on any atom is 0.328 e. The van der Waals surface area contributed by atoms with Gasteiger partial charge in [0.05, 0.1) is 12.5 Å². The zero-order valence-electron chi connectivity index (χ0n) is 12.5. The number of benzene rings is 1. The number of methoxy groups -OCH3 is 1. The molecule has 2 rings (SSSR count). The van der Waals surface area contributed by atoms with Crippen molar-refractivity contribution in [3.8, 4) is 5.75 Å². The van der Waals surface area contributed by atoms with Crippen LogP contribution in [-0.2, 0) is 15.0 Å². The molecule has 5 nitrogen and oxygen atoms in total. The quantitative estimate of drug-likeness (QED) is 0.843. The molecule has 6 heteroatoms. The van der Waals surface area contributed by atoms with Crippen LogP contribution >= 0.6 is 0 Å². The topological polar surface area (TPSA) is 75.6 Å². The first-order chi connectivity index (χ1) is 10.5. The van der Waals surface area contributed by atoms with Crippen molar-refractivity contribution in [2.75, 3.05) is 13.8 Å². The Morgan fingerprint density at radius 2 is 2.09 bits per heavy atom. The molecule has 0 heterocycles. The number of hydrogen-bond donors (Lipinski definition) is 2. The Kier molecular flexibility index (Phi) is 5.00. The predicted molar refractivity (Wildman–Crippen MR) is 78.7 cm³/mol. The summed E-state index contributed by atoms with van der Waals surface area (Å²) in [5.74, 6) is -1.16. The first-order valence-electron chi connectivity index (χ1n) is 7.28. The van der Waals surface area contributed by atoms with E-state index in [1.54, 1.807) is 25.3 Å². The highest BCUT2D eigenvalue weighted by molar-refractivity contribution is 5.92. The fourth-order valence-corrected chi connectivity index (χ4v) is 3.01. The molecule has 1 unspecified atom stereocenters. The second kappa shape index (κ2) is 6.77. The number of nitrogens with one attached hydrogen (secondary N) is 1. The molecule has 0 spiro atoms. The minimum absolute atomic E-state index is 0.427. The summed E-state index contributed by atoms with van der Waals surface area (Å²) in [5.41, 5.74) is -0.0259. The standard InChI is InChI=1S/C16H20FNO4/c1-22-12-6-4-5-11(9-12)16(7-2-3-8-16)15(21)18-13(10-17)14(19)20/h4-6,9,13H,2-3,7-8,10H2,1H3,(H,18,21)(H,19,20). The molecule has 1 aromatic rings. The van der Waals surface area contributed by atoms with Gasteiger partial charge in [0.1, 0.15) is 12.4 Å². The van der Waals surface area contributed by atoms with Gasteiger partial charge in [-0.15, -0.1) is 0 Å². The molecule has 0 bridgehead atoms. The van der Waals surface area contributed by atoms with Gasteiger partial charge in [0.25, 0.3) is 0 Å². The van der Waals surface area contributed by atoms with E-state index in [-0.39, 0.29) is 0 Å². The summed E-state index contributed by atoms with van der Waals surface area (Å²) >= 11 is 0. The molecule has 1 aliphatic carbocycles. The van der Waals surface area contributed by atoms with Gasteiger partial charge in [-0.1, -0.05) is 25.0 Å². The number of aliphatic carboxylic acids is 1. The monoisotopic (exact) mass is 309 g/mol. The molecule has 1 amide bonds. The number of rotatable bonds is 6. The molecule has 0 aliphatic heterocycles. The number of hydrogen-bond acceptors (Lipinski definition) is 3. The number of amides is 1. The lowest BCUT2D eigenvalue weighted by molar-refractivity contribution is -0.143. The largest absolute Gasteiger partial charge is 0.497 e. The molecule has 1 fully saturated rings. The third-order valence-electron chi connectivity index (χ3n) is 4.27. The highest BCUT2D eigenvalue weighted by Crippen LogP contribution is 2.42. The van der Waals surface area contributed by atoms with Crippen LogP contribution in [0.4, 0.5) is 4.39 Å². The second-order valence-corrected chi connectivity index (χ2v) is 5.54. The summed E-state index contributed by atoms with van der Waals surface area (Å²) in [4.78, 5) is 23.6. The molecular weight excluding hydrogens is 289 g/mol. The molecule has 1 aliphatic rings. The van der Waals surface area contributed by atoms with Gasteiger partial charge >= 0.3 is 5.97 Å². The third kappa shape index (κ3) is 3.05. The summed E-state index contributed by atoms with van der Waals surface area (Å²) in [7, 11) is 1.55. The molecule has 0 saturated heterocycles. The van der Waals surface area contributed by atoms with Gasteiger partial charge in [0.15, 0.2) is 6.04 Å². The van der Waals surface area contributed by atoms with Crippen molar-refractivity contribution in [1.82, 2.24) is 5.32 Å². The summed E-state index contributed by atoms with van der Waals surface area (Å²) in [5, 5.41) is 11.3. The van der Waals surface area contributed by atoms with Crippen LogP contribution in [0.1, 0.15) is 31.2 Å². The Morgan fingerprint density at radius 3 is 2.64 bits per heavy atom. The van der Waals surface area contributed by atoms with Crippen LogP contribution in [0.25, 0.3) is 0 Å². The number of halogens is 1. The Balaban J connectivity index is 2.31. The van der Waals surface area contributed by atoms with Crippen molar-refractivity contribution in [3.05, 3.63) is 29.8 Å². The molecular formula is C16H20FNO4. The van der Waals surface area contributed by atoms with Gasteiger partial charge in [-0.05, 0) is 30.5 Å². The van der Waals surface area contributed by atoms with Crippen molar-refractivity contribution >= 4 is 11.9 Å². The molecule has 0 radical (unpaired) electrons. The van der Waals surface area contributed by atoms with E-state index in [2.05, 4.69) is 5.32 Å². The van der Waals surface area contributed by atoms with Crippen LogP contribution in [0.5, 0.6) is 5.75 Å². The third-order valence-corrected chi connectivity index (χ3v) is 4.27. The average molecular weight is 309 g/mol. The fraction of sp³-hybridized carbons (Fsp3) is 0.500. The van der Waals surface area contributed by atoms with Crippen LogP contribution in [0.15, 0.2) is 24.3 Å². The highest BCUT2D eigenvalue weighted by Gasteiger charge is 2.44. The normalized spacial score (nSPS) is 17.7. The smallest absolute Gasteiger partial charge is 0.328 e. The lowest BCUT2D eigenvalue weighted by atomic mass is 9.77. The first-order valence-corrected chi connectivity index (χ1v) is 7.28. The van der Waals surface area contributed by atoms with Crippen molar-refractivity contribution in [2.24, 2.45) is 0 Å². The van der Waals surface area contributed by atoms with Gasteiger partial charge in [-0.25, -0.2) is 9.18 Å². The minimum Gasteiger partial charge on any atom is -0.497 e. The molecule has 1 aromatic carbocycles. The molecule has 2 N–H and O–H groups in total. The van der Waals surface area contributed by atoms with Crippen molar-refractivity contribution in [2.45, 2.75) is 37.1 Å². The van der Waals surface area contributed by atoms with E-state index in [1.165, 1.54) is 0 Å². The van der Waals surface area contributed by atoms with Crippen LogP contribution in [0, 0.1) is 0 Å². The maximum absolute atomic E-state index is 12.8. The average Bonchev–Trinajstić information content (AvgIpc) is 3.03. The maximum atomic E-state index is 12.8. The minimum atomic E-state index is -1.50. The SMILES string of the molecule is COc1cccc(C2(C(=O)NC(CF)C(=O)O)CCCC2)c1. The van der Waals surface area contributed by atoms with Gasteiger partial charge in [0.2, 0.25) is 5.91 Å². The fourth-order valence-electron chi connectivity index (χ4n) is 3.01. The molecule has 120 valence electrons. The summed E-state index contributed by atoms with van der Waals surface area (Å²) in [6, 6.07) is 5.70. The Labute approximate surface area is 128 Å². The highest BCUT2D eigenvalue weighted by atomic mass is 19.1. The summed E-state index contributed by atoms with van der Waals surface area (Å²) < 4.78 is 18.0. The van der Waals surface area contributed by atoms with E-state index in [1.807, 2.05) is 6.07 Å². The Hall–Kier alpha value is -2.11. The van der Waals surface area contributed by atoms with Crippen molar-refractivity contribution < 1.29 is 23.8 Å². The van der Waals surface area contributed by atoms with Gasteiger partial charge in [-0.2, -0.15) is 0 Å². The molecule has 0 aromatic heterocycles. The van der Waals surface area contributed by atoms with Gasteiger partial charge < -0.3 is 15.2 Å². The van der Waals surface area contributed by atoms with E-state index in [0.717, 1.165) is 18.4 Å². The number of carbonyl (C=O) groups is 2. The molecule has 1 atom stereocenters. The number of carbonyl (C=O) groups excluding carboxylic acids is 1. The molecule has 22 heavy (non-hydrogen) atoms. The van der Waals surface area contributed by atoms with E-state index >= 15 is 0 Å². The van der Waals surface area contributed by atoms with Crippen LogP contribution in [0.2, 0.25) is 0 Å². The molecule has 1 saturated carbocycles. The first kappa shape index (κ1) is 16.3. The van der Waals surface area contributed by atoms with Crippen LogP contribution in [0.3, 0.4) is 0 Å². The summed E-state index contributed by atoms with van der Waals surface area (Å²) in [6.07, 6.45) is 2.98. The van der Waals surface area contributed by atoms with Crippen molar-refractivity contribution in [3.63, 3.8) is 0 Å². The Bertz CT molecular complexity index is 555. The van der Waals surface area contributed by atoms with Crippen LogP contribution in [-0.4, -0.2) is 36.8 Å². The van der Waals surface area contributed by atoms with E-state index < -0.39 is 30.0 Å². The van der Waals surface area contributed by atoms with Crippen molar-refractivity contribution in [1.29, 1.82) is 0 Å². The zero-order valence-corrected chi connectivity index (χ0v) is 12.5. The van der Waals surface area contributed by atoms with Crippen LogP contribution < -0.4 is 10.1 Å². The zero-order chi connectivity index (χ0) is 16.2. The number of alkyl halides is 1. The second-order valence-electron chi connectivity index (χ2n) is 5.54.